The molecule has 116 valence electrons. The Labute approximate surface area is 121 Å². The van der Waals surface area contributed by atoms with Crippen LogP contribution in [0.5, 0.6) is 0 Å². The van der Waals surface area contributed by atoms with Gasteiger partial charge >= 0.3 is 0 Å². The summed E-state index contributed by atoms with van der Waals surface area (Å²) in [6, 6.07) is 0. The third-order valence-corrected chi connectivity index (χ3v) is 12.6. The topological polar surface area (TPSA) is 30.8 Å². The first-order chi connectivity index (χ1) is 8.59. The molecule has 0 fully saturated rings. The van der Waals surface area contributed by atoms with Crippen LogP contribution in [0.3, 0.4) is 0 Å². The summed E-state index contributed by atoms with van der Waals surface area (Å²) in [6.07, 6.45) is 0. The van der Waals surface area contributed by atoms with E-state index in [4.69, 9.17) is 13.8 Å². The van der Waals surface area contributed by atoms with E-state index in [9.17, 15) is 0 Å². The predicted molar refractivity (Wildman–Crippen MR) is 89.5 cm³/mol. The van der Waals surface area contributed by atoms with Crippen LogP contribution >= 0.6 is 14.8 Å². The maximum atomic E-state index is 6.18. The van der Waals surface area contributed by atoms with Crippen molar-refractivity contribution in [1.29, 1.82) is 0 Å². The average molecular weight is 309 g/mol. The quantitative estimate of drug-likeness (QED) is 0.532. The van der Waals surface area contributed by atoms with Crippen LogP contribution in [0.25, 0.3) is 0 Å². The van der Waals surface area contributed by atoms with Crippen molar-refractivity contribution < 1.29 is 9.05 Å². The molecule has 19 heavy (non-hydrogen) atoms. The molecule has 0 aliphatic rings. The summed E-state index contributed by atoms with van der Waals surface area (Å²) in [4.78, 5) is 0. The minimum absolute atomic E-state index is 0.123. The number of hydrogen-bond acceptors (Lipinski definition) is 3. The summed E-state index contributed by atoms with van der Waals surface area (Å²) in [5, 5.41) is 0. The minimum atomic E-state index is -2.15. The first kappa shape index (κ1) is 19.6. The molecule has 0 bridgehead atoms. The standard InChI is InChI=1S/C14H33NO2P2/c1-10-16-19(17-11-2,15-14(7,8)9)18(12(3)4)13(5)6/h12-13H,10-11H2,1-9H3. The van der Waals surface area contributed by atoms with Crippen LogP contribution in [0.4, 0.5) is 0 Å². The molecular formula is C14H33NO2P2. The van der Waals surface area contributed by atoms with E-state index in [1.54, 1.807) is 0 Å². The van der Waals surface area contributed by atoms with Gasteiger partial charge in [-0.15, -0.1) is 0 Å². The van der Waals surface area contributed by atoms with Crippen molar-refractivity contribution in [1.82, 2.24) is 0 Å². The lowest BCUT2D eigenvalue weighted by Gasteiger charge is -2.38. The molecule has 0 aromatic carbocycles. The molecule has 0 spiro atoms. The van der Waals surface area contributed by atoms with Gasteiger partial charge in [0.25, 0.3) is 0 Å². The maximum Gasteiger partial charge on any atom is 0.234 e. The molecule has 0 radical (unpaired) electrons. The van der Waals surface area contributed by atoms with E-state index in [0.29, 0.717) is 24.5 Å². The summed E-state index contributed by atoms with van der Waals surface area (Å²) < 4.78 is 17.4. The van der Waals surface area contributed by atoms with Crippen LogP contribution in [-0.2, 0) is 9.05 Å². The molecule has 0 aliphatic carbocycles. The molecule has 0 aromatic rings. The van der Waals surface area contributed by atoms with Gasteiger partial charge in [-0.3, -0.25) is 0 Å². The Morgan fingerprint density at radius 3 is 1.53 bits per heavy atom. The molecule has 0 aromatic heterocycles. The van der Waals surface area contributed by atoms with E-state index >= 15 is 0 Å². The highest BCUT2D eigenvalue weighted by Crippen LogP contribution is 2.83. The Morgan fingerprint density at radius 2 is 1.32 bits per heavy atom. The van der Waals surface area contributed by atoms with E-state index in [-0.39, 0.29) is 5.54 Å². The lowest BCUT2D eigenvalue weighted by Crippen LogP contribution is -2.14. The zero-order chi connectivity index (χ0) is 15.3. The third-order valence-electron chi connectivity index (χ3n) is 2.37. The molecule has 0 atom stereocenters. The fourth-order valence-corrected chi connectivity index (χ4v) is 12.6. The summed E-state index contributed by atoms with van der Waals surface area (Å²) in [6.45, 7) is 20.9. The van der Waals surface area contributed by atoms with Gasteiger partial charge in [-0.25, -0.2) is 4.74 Å². The van der Waals surface area contributed by atoms with E-state index in [0.717, 1.165) is 0 Å². The zero-order valence-electron chi connectivity index (χ0n) is 14.2. The van der Waals surface area contributed by atoms with Crippen molar-refractivity contribution >= 4 is 14.8 Å². The van der Waals surface area contributed by atoms with Crippen molar-refractivity contribution in [3.63, 3.8) is 0 Å². The van der Waals surface area contributed by atoms with E-state index < -0.39 is 14.8 Å². The van der Waals surface area contributed by atoms with E-state index in [1.165, 1.54) is 0 Å². The molecule has 0 rings (SSSR count). The van der Waals surface area contributed by atoms with Crippen LogP contribution in [0.1, 0.15) is 62.3 Å². The van der Waals surface area contributed by atoms with Gasteiger partial charge in [-0.1, -0.05) is 27.7 Å². The summed E-state index contributed by atoms with van der Waals surface area (Å²) >= 11 is 0. The zero-order valence-corrected chi connectivity index (χ0v) is 16.0. The normalized spacial score (nSPS) is 13.7. The Balaban J connectivity index is 5.88. The number of rotatable bonds is 7. The lowest BCUT2D eigenvalue weighted by molar-refractivity contribution is 0.267. The van der Waals surface area contributed by atoms with E-state index in [1.807, 2.05) is 13.8 Å². The molecule has 0 aliphatic heterocycles. The monoisotopic (exact) mass is 309 g/mol. The average Bonchev–Trinajstić information content (AvgIpc) is 2.13. The van der Waals surface area contributed by atoms with Gasteiger partial charge in [-0.05, 0) is 53.5 Å². The second-order valence-corrected chi connectivity index (χ2v) is 13.6. The summed E-state index contributed by atoms with van der Waals surface area (Å²) in [5.74, 6) is 0. The fraction of sp³-hybridized carbons (Fsp3) is 1.00. The molecule has 5 heteroatoms. The smallest absolute Gasteiger partial charge is 0.234 e. The highest BCUT2D eigenvalue weighted by molar-refractivity contribution is 8.30. The minimum Gasteiger partial charge on any atom is -0.321 e. The molecule has 0 amide bonds. The highest BCUT2D eigenvalue weighted by atomic mass is 32.1. The highest BCUT2D eigenvalue weighted by Gasteiger charge is 2.38. The van der Waals surface area contributed by atoms with Gasteiger partial charge in [0, 0.05) is 0 Å². The molecule has 0 saturated heterocycles. The molecule has 0 saturated carbocycles. The van der Waals surface area contributed by atoms with Crippen molar-refractivity contribution in [2.24, 2.45) is 4.74 Å². The van der Waals surface area contributed by atoms with E-state index in [2.05, 4.69) is 48.5 Å². The van der Waals surface area contributed by atoms with Crippen molar-refractivity contribution in [3.8, 4) is 0 Å². The second kappa shape index (κ2) is 8.13. The fourth-order valence-electron chi connectivity index (χ4n) is 2.18. The van der Waals surface area contributed by atoms with Gasteiger partial charge in [0.15, 0.2) is 0 Å². The van der Waals surface area contributed by atoms with Crippen molar-refractivity contribution in [3.05, 3.63) is 0 Å². The number of nitrogens with zero attached hydrogens (tertiary/aromatic N) is 1. The van der Waals surface area contributed by atoms with Crippen molar-refractivity contribution in [2.45, 2.75) is 79.2 Å². The number of hydrogen-bond donors (Lipinski definition) is 0. The van der Waals surface area contributed by atoms with Gasteiger partial charge in [0.1, 0.15) is 0 Å². The van der Waals surface area contributed by atoms with Gasteiger partial charge in [0.2, 0.25) is 7.20 Å². The summed E-state index contributed by atoms with van der Waals surface area (Å²) in [7, 11) is -2.55. The van der Waals surface area contributed by atoms with Crippen molar-refractivity contribution in [2.75, 3.05) is 13.2 Å². The van der Waals surface area contributed by atoms with Gasteiger partial charge in [-0.2, -0.15) is 0 Å². The maximum absolute atomic E-state index is 6.18. The second-order valence-electron chi connectivity index (χ2n) is 6.16. The van der Waals surface area contributed by atoms with Crippen LogP contribution in [0.2, 0.25) is 0 Å². The summed E-state index contributed by atoms with van der Waals surface area (Å²) in [5.41, 5.74) is 1.00. The predicted octanol–water partition coefficient (Wildman–Crippen LogP) is 6.10. The third kappa shape index (κ3) is 6.25. The Hall–Kier alpha value is 0.580. The first-order valence-electron chi connectivity index (χ1n) is 7.31. The van der Waals surface area contributed by atoms with Crippen LogP contribution in [0, 0.1) is 0 Å². The van der Waals surface area contributed by atoms with Crippen LogP contribution < -0.4 is 0 Å². The molecule has 3 nitrogen and oxygen atoms in total. The molecule has 0 unspecified atom stereocenters. The Morgan fingerprint density at radius 1 is 0.947 bits per heavy atom. The SMILES string of the molecule is CCOP(=NC(C)(C)C)(OCC)P(C(C)C)C(C)C. The van der Waals surface area contributed by atoms with Gasteiger partial charge < -0.3 is 9.05 Å². The Bertz CT molecular complexity index is 291. The molecule has 0 N–H and O–H groups in total. The Kier molecular flexibility index (Phi) is 8.38. The molecular weight excluding hydrogens is 276 g/mol. The lowest BCUT2D eigenvalue weighted by atomic mass is 10.1. The first-order valence-corrected chi connectivity index (χ1v) is 11.1. The van der Waals surface area contributed by atoms with Crippen LogP contribution in [0.15, 0.2) is 4.74 Å². The largest absolute Gasteiger partial charge is 0.321 e. The van der Waals surface area contributed by atoms with Crippen LogP contribution in [-0.4, -0.2) is 30.1 Å². The van der Waals surface area contributed by atoms with Gasteiger partial charge in [0.05, 0.1) is 18.8 Å². The molecule has 0 heterocycles.